The molecule has 0 amide bonds. The molecule has 1 aromatic heterocycles. The zero-order chi connectivity index (χ0) is 22.3. The van der Waals surface area contributed by atoms with Gasteiger partial charge in [-0.3, -0.25) is 0 Å². The molecule has 0 unspecified atom stereocenters. The van der Waals surface area contributed by atoms with E-state index in [4.69, 9.17) is 0 Å². The zero-order valence-corrected chi connectivity index (χ0v) is 21.2. The largest absolute Gasteiger partial charge is 0.309 e. The quantitative estimate of drug-likeness (QED) is 0.107. The minimum atomic E-state index is -2.20. The molecule has 0 aliphatic rings. The van der Waals surface area contributed by atoms with Crippen LogP contribution in [0.3, 0.4) is 0 Å². The summed E-state index contributed by atoms with van der Waals surface area (Å²) in [6, 6.07) is 48.6. The van der Waals surface area contributed by atoms with E-state index in [1.165, 1.54) is 43.1 Å². The Balaban J connectivity index is 1.63. The van der Waals surface area contributed by atoms with E-state index in [1.54, 1.807) is 0 Å². The number of aromatic nitrogens is 1. The number of nitrogens with zero attached hydrogens (tertiary/aromatic N) is 1. The van der Waals surface area contributed by atoms with Crippen LogP contribution in [0.2, 0.25) is 0 Å². The summed E-state index contributed by atoms with van der Waals surface area (Å²) >= 11 is 2.77. The van der Waals surface area contributed by atoms with Gasteiger partial charge in [-0.1, -0.05) is 109 Å². The number of fused-ring (bicyclic) bond motifs is 3. The molecule has 0 fully saturated rings. The third-order valence-corrected chi connectivity index (χ3v) is 15.4. The standard InChI is InChI=1S/C30H22INSi/c31-33(24-13-3-1-4-14-24,25-15-5-2-6-16-25)26-17-11-12-23(22-26)32-29-20-9-7-18-27(29)28-19-8-10-21-30(28)32/h1-22H. The summed E-state index contributed by atoms with van der Waals surface area (Å²) in [5, 5.41) is 6.82. The summed E-state index contributed by atoms with van der Waals surface area (Å²) in [7, 11) is 0. The molecule has 1 nitrogen and oxygen atoms in total. The molecule has 0 spiro atoms. The highest BCUT2D eigenvalue weighted by Gasteiger charge is 2.36. The fourth-order valence-electron chi connectivity index (χ4n) is 4.90. The Labute approximate surface area is 207 Å². The highest BCUT2D eigenvalue weighted by Crippen LogP contribution is 2.31. The lowest BCUT2D eigenvalue weighted by molar-refractivity contribution is 1.18. The lowest BCUT2D eigenvalue weighted by atomic mass is 10.2. The molecule has 0 aliphatic carbocycles. The molecule has 0 radical (unpaired) electrons. The summed E-state index contributed by atoms with van der Waals surface area (Å²) in [5.74, 6) is 0. The minimum absolute atomic E-state index is 1.21. The van der Waals surface area contributed by atoms with Crippen LogP contribution in [-0.4, -0.2) is 10.1 Å². The first kappa shape index (κ1) is 20.5. The highest BCUT2D eigenvalue weighted by molar-refractivity contribution is 14.1. The van der Waals surface area contributed by atoms with Crippen molar-refractivity contribution in [2.24, 2.45) is 0 Å². The van der Waals surface area contributed by atoms with E-state index in [0.29, 0.717) is 0 Å². The van der Waals surface area contributed by atoms with Crippen molar-refractivity contribution in [2.75, 3.05) is 0 Å². The second-order valence-electron chi connectivity index (χ2n) is 8.31. The van der Waals surface area contributed by atoms with E-state index in [2.05, 4.69) is 160 Å². The summed E-state index contributed by atoms with van der Waals surface area (Å²) in [6.07, 6.45) is 0. The van der Waals surface area contributed by atoms with E-state index < -0.39 is 5.57 Å². The second kappa shape index (κ2) is 8.32. The van der Waals surface area contributed by atoms with E-state index >= 15 is 0 Å². The van der Waals surface area contributed by atoms with Gasteiger partial charge in [0.25, 0.3) is 0 Å². The number of hydrogen-bond donors (Lipinski definition) is 0. The fourth-order valence-corrected chi connectivity index (χ4v) is 11.0. The third-order valence-electron chi connectivity index (χ3n) is 6.43. The zero-order valence-electron chi connectivity index (χ0n) is 18.0. The van der Waals surface area contributed by atoms with Crippen LogP contribution in [0.4, 0.5) is 0 Å². The maximum atomic E-state index is 2.77. The molecule has 0 saturated heterocycles. The van der Waals surface area contributed by atoms with Crippen molar-refractivity contribution in [1.82, 2.24) is 4.57 Å². The Bertz CT molecular complexity index is 1480. The molecule has 6 aromatic rings. The Morgan fingerprint density at radius 2 is 0.909 bits per heavy atom. The molecule has 6 rings (SSSR count). The molecule has 0 atom stereocenters. The average molecular weight is 552 g/mol. The first-order valence-electron chi connectivity index (χ1n) is 11.2. The Hall–Kier alpha value is -3.15. The highest BCUT2D eigenvalue weighted by atomic mass is 127. The topological polar surface area (TPSA) is 4.93 Å². The number of halogens is 1. The van der Waals surface area contributed by atoms with Gasteiger partial charge in [-0.25, -0.2) is 0 Å². The number of hydrogen-bond acceptors (Lipinski definition) is 0. The number of rotatable bonds is 4. The molecule has 5 aromatic carbocycles. The molecule has 0 N–H and O–H groups in total. The maximum absolute atomic E-state index is 2.77. The Morgan fingerprint density at radius 3 is 1.45 bits per heavy atom. The average Bonchev–Trinajstić information content (AvgIpc) is 3.24. The third kappa shape index (κ3) is 3.34. The van der Waals surface area contributed by atoms with Gasteiger partial charge in [-0.2, -0.15) is 0 Å². The van der Waals surface area contributed by atoms with Crippen molar-refractivity contribution in [1.29, 1.82) is 0 Å². The summed E-state index contributed by atoms with van der Waals surface area (Å²) in [6.45, 7) is 0. The van der Waals surface area contributed by atoms with Crippen molar-refractivity contribution < 1.29 is 0 Å². The van der Waals surface area contributed by atoms with Gasteiger partial charge in [0, 0.05) is 16.5 Å². The Morgan fingerprint density at radius 1 is 0.455 bits per heavy atom. The summed E-state index contributed by atoms with van der Waals surface area (Å²) < 4.78 is 2.41. The lowest BCUT2D eigenvalue weighted by Crippen LogP contribution is -2.62. The van der Waals surface area contributed by atoms with Crippen molar-refractivity contribution in [3.63, 3.8) is 0 Å². The summed E-state index contributed by atoms with van der Waals surface area (Å²) in [5.41, 5.74) is 1.51. The van der Waals surface area contributed by atoms with Gasteiger partial charge in [0.05, 0.1) is 11.0 Å². The minimum Gasteiger partial charge on any atom is -0.309 e. The maximum Gasteiger partial charge on any atom is 0.216 e. The molecule has 33 heavy (non-hydrogen) atoms. The Kier molecular flexibility index (Phi) is 5.16. The second-order valence-corrected chi connectivity index (χ2v) is 16.2. The van der Waals surface area contributed by atoms with Crippen LogP contribution in [0, 0.1) is 0 Å². The SMILES string of the molecule is I[Si](c1ccccc1)(c1ccccc1)c1cccc(-n2c3ccccc3c3ccccc32)c1. The normalized spacial score (nSPS) is 11.8. The molecule has 0 saturated carbocycles. The molecule has 3 heteroatoms. The van der Waals surface area contributed by atoms with E-state index in [1.807, 2.05) is 0 Å². The van der Waals surface area contributed by atoms with E-state index in [0.717, 1.165) is 0 Å². The van der Waals surface area contributed by atoms with Crippen LogP contribution in [0.5, 0.6) is 0 Å². The van der Waals surface area contributed by atoms with Gasteiger partial charge < -0.3 is 4.57 Å². The molecule has 0 bridgehead atoms. The van der Waals surface area contributed by atoms with Crippen LogP contribution >= 0.6 is 21.8 Å². The molecular formula is C30H22INSi. The smallest absolute Gasteiger partial charge is 0.216 e. The fraction of sp³-hybridized carbons (Fsp3) is 0. The van der Waals surface area contributed by atoms with Gasteiger partial charge in [0.15, 0.2) is 0 Å². The lowest BCUT2D eigenvalue weighted by Gasteiger charge is -2.28. The number of benzene rings is 5. The monoisotopic (exact) mass is 551 g/mol. The van der Waals surface area contributed by atoms with Crippen LogP contribution in [0.1, 0.15) is 0 Å². The predicted octanol–water partition coefficient (Wildman–Crippen LogP) is 6.19. The van der Waals surface area contributed by atoms with Crippen molar-refractivity contribution in [3.8, 4) is 5.69 Å². The van der Waals surface area contributed by atoms with E-state index in [9.17, 15) is 0 Å². The van der Waals surface area contributed by atoms with Crippen molar-refractivity contribution in [2.45, 2.75) is 0 Å². The molecule has 158 valence electrons. The van der Waals surface area contributed by atoms with Crippen molar-refractivity contribution in [3.05, 3.63) is 133 Å². The van der Waals surface area contributed by atoms with Crippen molar-refractivity contribution >= 4 is 64.7 Å². The first-order valence-corrected chi connectivity index (χ1v) is 16.3. The van der Waals surface area contributed by atoms with Gasteiger partial charge in [0.1, 0.15) is 0 Å². The van der Waals surface area contributed by atoms with Gasteiger partial charge in [-0.05, 0) is 39.8 Å². The van der Waals surface area contributed by atoms with Crippen LogP contribution < -0.4 is 15.6 Å². The predicted molar refractivity (Wildman–Crippen MR) is 152 cm³/mol. The van der Waals surface area contributed by atoms with Gasteiger partial charge in [0.2, 0.25) is 5.57 Å². The van der Waals surface area contributed by atoms with Gasteiger partial charge >= 0.3 is 0 Å². The van der Waals surface area contributed by atoms with Crippen LogP contribution in [0.15, 0.2) is 133 Å². The van der Waals surface area contributed by atoms with Crippen LogP contribution in [-0.2, 0) is 0 Å². The van der Waals surface area contributed by atoms with Gasteiger partial charge in [-0.15, -0.1) is 21.8 Å². The molecule has 1 heterocycles. The van der Waals surface area contributed by atoms with E-state index in [-0.39, 0.29) is 0 Å². The van der Waals surface area contributed by atoms with Crippen LogP contribution in [0.25, 0.3) is 27.5 Å². The summed E-state index contributed by atoms with van der Waals surface area (Å²) in [4.78, 5) is 0. The first-order chi connectivity index (χ1) is 16.3. The molecular weight excluding hydrogens is 529 g/mol. The molecule has 0 aliphatic heterocycles. The number of para-hydroxylation sites is 2.